The van der Waals surface area contributed by atoms with Gasteiger partial charge in [-0.15, -0.1) is 0 Å². The standard InChI is InChI=1S/C48H56N6O12S2/c1-4-31(5-6-32-9-13-35(14-10-32)53-26-37(55)23-41(53)47(63)65-2)17-20-49-25-43(57)50-39(45(59)60)29-67-68-30-40(46(61)62)51-44(58)28-52-21-18-34(19-22-52)8-7-33-11-15-36(16-12-33)54-27-38(56)24-42(54)48(64)66-3/h4-22,37-43,50,55-57H,1,23-30H2,2-3H3,(H2-,51,58,59,60,61,62)/p+2/b6-5+,31-17+,49-20?. The first kappa shape index (κ1) is 52.7. The number of ether oxygens (including phenoxy) is 2. The van der Waals surface area contributed by atoms with E-state index in [4.69, 9.17) is 9.47 Å². The molecule has 20 heteroatoms. The Balaban J connectivity index is 1.01. The van der Waals surface area contributed by atoms with Gasteiger partial charge in [-0.3, -0.25) is 14.9 Å². The van der Waals surface area contributed by atoms with Gasteiger partial charge in [0.05, 0.1) is 26.4 Å². The zero-order valence-electron chi connectivity index (χ0n) is 37.6. The van der Waals surface area contributed by atoms with Gasteiger partial charge < -0.3 is 50.1 Å². The first-order chi connectivity index (χ1) is 32.7. The number of benzene rings is 2. The van der Waals surface area contributed by atoms with E-state index >= 15 is 0 Å². The highest BCUT2D eigenvalue weighted by Crippen LogP contribution is 2.29. The molecule has 2 aliphatic heterocycles. The summed E-state index contributed by atoms with van der Waals surface area (Å²) in [6, 6.07) is 15.2. The number of nitrogens with zero attached hydrogens (tertiary/aromatic N) is 3. The molecule has 1 aromatic heterocycles. The number of aromatic nitrogens is 1. The topological polar surface area (TPSA) is 253 Å². The second-order valence-corrected chi connectivity index (χ2v) is 18.4. The van der Waals surface area contributed by atoms with Crippen molar-refractivity contribution in [2.75, 3.05) is 55.2 Å². The Kier molecular flexibility index (Phi) is 20.4. The molecule has 3 aromatic rings. The van der Waals surface area contributed by atoms with Crippen LogP contribution in [0.4, 0.5) is 11.4 Å². The highest BCUT2D eigenvalue weighted by molar-refractivity contribution is 8.76. The largest absolute Gasteiger partial charge is 0.480 e. The van der Waals surface area contributed by atoms with Crippen LogP contribution in [0.2, 0.25) is 0 Å². The first-order valence-corrected chi connectivity index (χ1v) is 24.1. The van der Waals surface area contributed by atoms with Crippen LogP contribution in [0.1, 0.15) is 29.5 Å². The maximum absolute atomic E-state index is 12.8. The number of hydrogen-bond donors (Lipinski definition) is 8. The van der Waals surface area contributed by atoms with Crippen LogP contribution in [-0.2, 0) is 40.0 Å². The monoisotopic (exact) mass is 974 g/mol. The summed E-state index contributed by atoms with van der Waals surface area (Å²) in [5.74, 6) is -3.82. The molecule has 5 rings (SSSR count). The molecule has 0 aliphatic carbocycles. The van der Waals surface area contributed by atoms with E-state index in [9.17, 15) is 49.5 Å². The van der Waals surface area contributed by atoms with Crippen LogP contribution in [0, 0.1) is 0 Å². The summed E-state index contributed by atoms with van der Waals surface area (Å²) in [5, 5.41) is 55.4. The highest BCUT2D eigenvalue weighted by Gasteiger charge is 2.38. The Bertz CT molecular complexity index is 2330. The number of rotatable bonds is 24. The zero-order valence-corrected chi connectivity index (χ0v) is 39.3. The summed E-state index contributed by atoms with van der Waals surface area (Å²) in [7, 11) is 4.82. The number of β-amino-alcohol motifs (C(OH)–C–C–N with tert-alkyl or cyclic N) is 2. The Morgan fingerprint density at radius 3 is 1.75 bits per heavy atom. The molecule has 3 heterocycles. The van der Waals surface area contributed by atoms with Crippen LogP contribution in [-0.4, -0.2) is 149 Å². The van der Waals surface area contributed by atoms with Crippen molar-refractivity contribution >= 4 is 87.2 Å². The molecule has 68 heavy (non-hydrogen) atoms. The van der Waals surface area contributed by atoms with Gasteiger partial charge in [0.25, 0.3) is 5.91 Å². The molecule has 0 saturated carbocycles. The van der Waals surface area contributed by atoms with Crippen molar-refractivity contribution in [2.45, 2.75) is 62.0 Å². The number of carboxylic acid groups (broad SMARTS) is 2. The van der Waals surface area contributed by atoms with Crippen molar-refractivity contribution in [1.29, 1.82) is 0 Å². The highest BCUT2D eigenvalue weighted by atomic mass is 33.1. The third-order valence-corrected chi connectivity index (χ3v) is 13.4. The van der Waals surface area contributed by atoms with E-state index in [2.05, 4.69) is 22.2 Å². The minimum Gasteiger partial charge on any atom is -0.480 e. The van der Waals surface area contributed by atoms with Crippen molar-refractivity contribution in [1.82, 2.24) is 10.6 Å². The van der Waals surface area contributed by atoms with Crippen LogP contribution in [0.3, 0.4) is 0 Å². The fraction of sp³-hybridized carbons (Fsp3) is 0.354. The summed E-state index contributed by atoms with van der Waals surface area (Å²) in [6.07, 6.45) is 14.0. The lowest BCUT2D eigenvalue weighted by atomic mass is 10.1. The Labute approximate surface area is 402 Å². The SMILES string of the molecule is C=CC(/C=C/c1ccc(N2CC(O)CC2C(=O)OC)cc1)=C\C=[NH+]CC(O)NC(CSSCC(NC(=O)C[n+]1ccc(/C=C/c2ccc(N3CC(O)CC3C(=O)OC)cc2)cc1)C(=O)O)C(=O)O. The number of methoxy groups -OCH3 is 2. The van der Waals surface area contributed by atoms with Gasteiger partial charge in [0.1, 0.15) is 24.2 Å². The molecular formula is C48H58N6O12S2+2. The van der Waals surface area contributed by atoms with Gasteiger partial charge >= 0.3 is 23.9 Å². The molecule has 2 saturated heterocycles. The number of allylic oxidation sites excluding steroid dienone is 4. The van der Waals surface area contributed by atoms with E-state index in [-0.39, 0.29) is 24.6 Å². The van der Waals surface area contributed by atoms with Crippen molar-refractivity contribution in [3.63, 3.8) is 0 Å². The number of pyridine rings is 1. The fourth-order valence-electron chi connectivity index (χ4n) is 7.36. The maximum atomic E-state index is 12.8. The van der Waals surface area contributed by atoms with Gasteiger partial charge in [0.2, 0.25) is 6.54 Å². The molecular weight excluding hydrogens is 917 g/mol. The number of aliphatic carboxylic acids is 2. The van der Waals surface area contributed by atoms with Crippen molar-refractivity contribution in [3.05, 3.63) is 120 Å². The maximum Gasteiger partial charge on any atom is 0.328 e. The number of carboxylic acids is 2. The Morgan fingerprint density at radius 1 is 0.779 bits per heavy atom. The van der Waals surface area contributed by atoms with Gasteiger partial charge in [0, 0.05) is 67.0 Å². The lowest BCUT2D eigenvalue weighted by Gasteiger charge is -2.24. The predicted molar refractivity (Wildman–Crippen MR) is 260 cm³/mol. The van der Waals surface area contributed by atoms with E-state index in [1.807, 2.05) is 82.6 Å². The molecule has 0 bridgehead atoms. The normalized spacial score (nSPS) is 19.9. The Morgan fingerprint density at radius 2 is 1.26 bits per heavy atom. The molecule has 8 N–H and O–H groups in total. The molecule has 18 nitrogen and oxygen atoms in total. The molecule has 0 radical (unpaired) electrons. The molecule has 2 aromatic carbocycles. The van der Waals surface area contributed by atoms with Crippen molar-refractivity contribution in [3.8, 4) is 0 Å². The van der Waals surface area contributed by atoms with Crippen molar-refractivity contribution < 1.29 is 68.5 Å². The Hall–Kier alpha value is -6.29. The predicted octanol–water partition coefficient (Wildman–Crippen LogP) is 0.659. The smallest absolute Gasteiger partial charge is 0.328 e. The van der Waals surface area contributed by atoms with Gasteiger partial charge in [-0.1, -0.05) is 82.8 Å². The molecule has 0 spiro atoms. The van der Waals surface area contributed by atoms with E-state index in [1.165, 1.54) is 14.2 Å². The fourth-order valence-corrected chi connectivity index (χ4v) is 9.69. The summed E-state index contributed by atoms with van der Waals surface area (Å²) in [4.78, 5) is 67.7. The molecule has 362 valence electrons. The number of hydrogen-bond acceptors (Lipinski definition) is 15. The number of aliphatic hydroxyl groups is 3. The number of nitrogens with one attached hydrogen (secondary N) is 3. The minimum atomic E-state index is -1.24. The average Bonchev–Trinajstić information content (AvgIpc) is 3.93. The molecule has 1 amide bonds. The number of amides is 1. The zero-order chi connectivity index (χ0) is 49.2. The second kappa shape index (κ2) is 26.3. The van der Waals surface area contributed by atoms with Gasteiger partial charge in [-0.05, 0) is 46.5 Å². The van der Waals surface area contributed by atoms with Crippen LogP contribution in [0.5, 0.6) is 0 Å². The van der Waals surface area contributed by atoms with E-state index in [1.54, 1.807) is 47.5 Å². The number of carbonyl (C=O) groups excluding carboxylic acids is 3. The number of anilines is 2. The minimum absolute atomic E-state index is 0.0117. The van der Waals surface area contributed by atoms with Gasteiger partial charge in [-0.25, -0.2) is 19.4 Å². The summed E-state index contributed by atoms with van der Waals surface area (Å²) < 4.78 is 11.4. The number of carbonyl (C=O) groups is 5. The first-order valence-electron chi connectivity index (χ1n) is 21.6. The van der Waals surface area contributed by atoms with E-state index < -0.39 is 72.4 Å². The average molecular weight is 975 g/mol. The molecule has 7 unspecified atom stereocenters. The molecule has 7 atom stereocenters. The van der Waals surface area contributed by atoms with E-state index in [0.29, 0.717) is 25.9 Å². The van der Waals surface area contributed by atoms with Crippen LogP contribution < -0.4 is 30.0 Å². The summed E-state index contributed by atoms with van der Waals surface area (Å²) in [6.45, 7) is 4.33. The lowest BCUT2D eigenvalue weighted by Crippen LogP contribution is -2.74. The van der Waals surface area contributed by atoms with E-state index in [0.717, 1.165) is 55.2 Å². The second-order valence-electron chi connectivity index (χ2n) is 15.9. The third kappa shape index (κ3) is 15.9. The lowest BCUT2D eigenvalue weighted by molar-refractivity contribution is -0.684. The van der Waals surface area contributed by atoms with Crippen LogP contribution in [0.15, 0.2) is 103 Å². The van der Waals surface area contributed by atoms with Crippen LogP contribution in [0.25, 0.3) is 18.2 Å². The third-order valence-electron chi connectivity index (χ3n) is 11.0. The molecule has 2 aliphatic rings. The van der Waals surface area contributed by atoms with Gasteiger partial charge in [0.15, 0.2) is 31.4 Å². The quantitative estimate of drug-likeness (QED) is 0.0117. The summed E-state index contributed by atoms with van der Waals surface area (Å²) >= 11 is 0. The van der Waals surface area contributed by atoms with Gasteiger partial charge in [-0.2, -0.15) is 4.57 Å². The number of aliphatic hydroxyl groups excluding tert-OH is 3. The summed E-state index contributed by atoms with van der Waals surface area (Å²) in [5.41, 5.74) is 4.96. The van der Waals surface area contributed by atoms with Crippen LogP contribution >= 0.6 is 21.6 Å². The number of esters is 2. The van der Waals surface area contributed by atoms with Crippen molar-refractivity contribution in [2.24, 2.45) is 0 Å². The molecule has 2 fully saturated rings.